The summed E-state index contributed by atoms with van der Waals surface area (Å²) >= 11 is 0. The molecule has 5 heteroatoms. The van der Waals surface area contributed by atoms with Crippen molar-refractivity contribution in [3.05, 3.63) is 77.2 Å². The molecule has 0 saturated heterocycles. The fourth-order valence-electron chi connectivity index (χ4n) is 3.21. The number of hydrogen-bond donors (Lipinski definition) is 1. The molecule has 0 atom stereocenters. The van der Waals surface area contributed by atoms with Gasteiger partial charge in [0, 0.05) is 31.6 Å². The number of nitrogens with zero attached hydrogens (tertiary/aromatic N) is 1. The summed E-state index contributed by atoms with van der Waals surface area (Å²) in [6.45, 7) is 5.11. The predicted molar refractivity (Wildman–Crippen MR) is 109 cm³/mol. The van der Waals surface area contributed by atoms with Crippen molar-refractivity contribution in [3.63, 3.8) is 0 Å². The first-order chi connectivity index (χ1) is 13.5. The molecule has 2 aromatic carbocycles. The van der Waals surface area contributed by atoms with Crippen molar-refractivity contribution in [2.45, 2.75) is 20.3 Å². The number of amides is 1. The number of halogens is 1. The molecule has 1 amide bonds. The molecule has 3 rings (SSSR count). The Morgan fingerprint density at radius 2 is 1.75 bits per heavy atom. The summed E-state index contributed by atoms with van der Waals surface area (Å²) in [6.07, 6.45) is 0.755. The van der Waals surface area contributed by atoms with Crippen molar-refractivity contribution >= 4 is 5.91 Å². The van der Waals surface area contributed by atoms with Crippen molar-refractivity contribution in [2.24, 2.45) is 0 Å². The summed E-state index contributed by atoms with van der Waals surface area (Å²) in [7, 11) is 1.64. The second kappa shape index (κ2) is 8.85. The summed E-state index contributed by atoms with van der Waals surface area (Å²) < 4.78 is 20.5. The van der Waals surface area contributed by atoms with E-state index in [1.54, 1.807) is 19.2 Å². The van der Waals surface area contributed by atoms with Crippen molar-refractivity contribution in [1.82, 2.24) is 9.88 Å². The van der Waals surface area contributed by atoms with Crippen LogP contribution in [0.4, 0.5) is 4.39 Å². The molecule has 0 aliphatic carbocycles. The average molecular weight is 380 g/mol. The number of carbonyl (C=O) groups excluding carboxylic acids is 1. The molecule has 0 unspecified atom stereocenters. The highest BCUT2D eigenvalue weighted by Gasteiger charge is 2.19. The van der Waals surface area contributed by atoms with Crippen LogP contribution in [0.25, 0.3) is 16.9 Å². The molecule has 1 heterocycles. The van der Waals surface area contributed by atoms with E-state index in [1.165, 1.54) is 12.1 Å². The van der Waals surface area contributed by atoms with Crippen LogP contribution in [0.3, 0.4) is 0 Å². The lowest BCUT2D eigenvalue weighted by atomic mass is 10.1. The Hall–Kier alpha value is -2.92. The van der Waals surface area contributed by atoms with Gasteiger partial charge >= 0.3 is 0 Å². The number of rotatable bonds is 7. The normalized spacial score (nSPS) is 10.9. The third-order valence-electron chi connectivity index (χ3n) is 4.73. The van der Waals surface area contributed by atoms with Gasteiger partial charge in [0.2, 0.25) is 0 Å². The van der Waals surface area contributed by atoms with E-state index in [1.807, 2.05) is 48.7 Å². The van der Waals surface area contributed by atoms with Crippen LogP contribution in [0, 0.1) is 19.7 Å². The molecule has 1 N–H and O–H groups in total. The highest BCUT2D eigenvalue weighted by Crippen LogP contribution is 2.30. The number of nitrogens with one attached hydrogen (secondary N) is 1. The quantitative estimate of drug-likeness (QED) is 0.606. The summed E-state index contributed by atoms with van der Waals surface area (Å²) in [6, 6.07) is 16.3. The van der Waals surface area contributed by atoms with Crippen LogP contribution in [0.15, 0.2) is 54.6 Å². The fourth-order valence-corrected chi connectivity index (χ4v) is 3.21. The van der Waals surface area contributed by atoms with Crippen LogP contribution >= 0.6 is 0 Å². The van der Waals surface area contributed by atoms with Gasteiger partial charge in [-0.05, 0) is 68.3 Å². The second-order valence-electron chi connectivity index (χ2n) is 6.81. The number of aryl methyl sites for hydroxylation is 1. The minimum atomic E-state index is -0.287. The molecule has 146 valence electrons. The topological polar surface area (TPSA) is 43.3 Å². The van der Waals surface area contributed by atoms with E-state index in [2.05, 4.69) is 5.32 Å². The Balaban J connectivity index is 2.03. The van der Waals surface area contributed by atoms with Crippen LogP contribution in [0.2, 0.25) is 0 Å². The molecule has 0 bridgehead atoms. The molecular formula is C23H25FN2O2. The zero-order chi connectivity index (χ0) is 20.1. The fraction of sp³-hybridized carbons (Fsp3) is 0.261. The van der Waals surface area contributed by atoms with E-state index in [0.29, 0.717) is 18.7 Å². The van der Waals surface area contributed by atoms with E-state index < -0.39 is 0 Å². The molecule has 28 heavy (non-hydrogen) atoms. The van der Waals surface area contributed by atoms with Crippen LogP contribution in [-0.4, -0.2) is 30.7 Å². The highest BCUT2D eigenvalue weighted by molar-refractivity contribution is 5.97. The molecule has 0 spiro atoms. The van der Waals surface area contributed by atoms with Crippen LogP contribution < -0.4 is 5.32 Å². The first-order valence-electron chi connectivity index (χ1n) is 9.33. The van der Waals surface area contributed by atoms with Gasteiger partial charge in [0.05, 0.1) is 11.3 Å². The Kier molecular flexibility index (Phi) is 6.26. The molecule has 0 aliphatic rings. The predicted octanol–water partition coefficient (Wildman–Crippen LogP) is 4.67. The Bertz CT molecular complexity index is 944. The van der Waals surface area contributed by atoms with Gasteiger partial charge in [-0.25, -0.2) is 4.39 Å². The van der Waals surface area contributed by atoms with Crippen molar-refractivity contribution in [1.29, 1.82) is 0 Å². The first-order valence-corrected chi connectivity index (χ1v) is 9.33. The average Bonchev–Trinajstić information content (AvgIpc) is 3.04. The van der Waals surface area contributed by atoms with E-state index in [4.69, 9.17) is 4.74 Å². The zero-order valence-electron chi connectivity index (χ0n) is 16.5. The lowest BCUT2D eigenvalue weighted by Gasteiger charge is -2.13. The summed E-state index contributed by atoms with van der Waals surface area (Å²) in [5.74, 6) is -0.409. The SMILES string of the molecule is COCCCNC(=O)c1cc(-c2ccc(F)cc2)n(-c2ccc(C)cc2)c1C. The third-order valence-corrected chi connectivity index (χ3v) is 4.73. The molecule has 0 saturated carbocycles. The minimum absolute atomic E-state index is 0.122. The van der Waals surface area contributed by atoms with Crippen LogP contribution in [-0.2, 0) is 4.74 Å². The maximum absolute atomic E-state index is 13.4. The van der Waals surface area contributed by atoms with Crippen LogP contribution in [0.5, 0.6) is 0 Å². The molecule has 0 aliphatic heterocycles. The standard InChI is InChI=1S/C23H25FN2O2/c1-16-5-11-20(12-6-16)26-17(2)21(23(27)25-13-4-14-28-3)15-22(26)18-7-9-19(24)10-8-18/h5-12,15H,4,13-14H2,1-3H3,(H,25,27). The lowest BCUT2D eigenvalue weighted by molar-refractivity contribution is 0.0948. The number of ether oxygens (including phenoxy) is 1. The number of carbonyl (C=O) groups is 1. The highest BCUT2D eigenvalue weighted by atomic mass is 19.1. The van der Waals surface area contributed by atoms with Gasteiger partial charge in [0.15, 0.2) is 0 Å². The number of benzene rings is 2. The van der Waals surface area contributed by atoms with Gasteiger partial charge in [-0.15, -0.1) is 0 Å². The van der Waals surface area contributed by atoms with E-state index >= 15 is 0 Å². The Labute approximate surface area is 165 Å². The smallest absolute Gasteiger partial charge is 0.253 e. The number of aromatic nitrogens is 1. The van der Waals surface area contributed by atoms with E-state index in [9.17, 15) is 9.18 Å². The summed E-state index contributed by atoms with van der Waals surface area (Å²) in [5.41, 5.74) is 5.27. The van der Waals surface area contributed by atoms with Crippen molar-refractivity contribution < 1.29 is 13.9 Å². The summed E-state index contributed by atoms with van der Waals surface area (Å²) in [4.78, 5) is 12.7. The number of methoxy groups -OCH3 is 1. The van der Waals surface area contributed by atoms with Gasteiger partial charge < -0.3 is 14.6 Å². The Morgan fingerprint density at radius 1 is 1.07 bits per heavy atom. The van der Waals surface area contributed by atoms with Crippen LogP contribution in [0.1, 0.15) is 28.0 Å². The largest absolute Gasteiger partial charge is 0.385 e. The van der Waals surface area contributed by atoms with Gasteiger partial charge in [0.25, 0.3) is 5.91 Å². The van der Waals surface area contributed by atoms with Crippen molar-refractivity contribution in [3.8, 4) is 16.9 Å². The van der Waals surface area contributed by atoms with Gasteiger partial charge in [-0.1, -0.05) is 17.7 Å². The maximum atomic E-state index is 13.4. The third kappa shape index (κ3) is 4.31. The van der Waals surface area contributed by atoms with Gasteiger partial charge in [-0.2, -0.15) is 0 Å². The lowest BCUT2D eigenvalue weighted by Crippen LogP contribution is -2.25. The van der Waals surface area contributed by atoms with E-state index in [0.717, 1.165) is 34.6 Å². The van der Waals surface area contributed by atoms with Crippen molar-refractivity contribution in [2.75, 3.05) is 20.3 Å². The second-order valence-corrected chi connectivity index (χ2v) is 6.81. The van der Waals surface area contributed by atoms with E-state index in [-0.39, 0.29) is 11.7 Å². The molecular weight excluding hydrogens is 355 g/mol. The maximum Gasteiger partial charge on any atom is 0.253 e. The molecule has 0 radical (unpaired) electrons. The van der Waals surface area contributed by atoms with Gasteiger partial charge in [0.1, 0.15) is 5.82 Å². The summed E-state index contributed by atoms with van der Waals surface area (Å²) in [5, 5.41) is 2.94. The molecule has 4 nitrogen and oxygen atoms in total. The van der Waals surface area contributed by atoms with Gasteiger partial charge in [-0.3, -0.25) is 4.79 Å². The molecule has 1 aromatic heterocycles. The Morgan fingerprint density at radius 3 is 2.39 bits per heavy atom. The minimum Gasteiger partial charge on any atom is -0.385 e. The first kappa shape index (κ1) is 19.8. The molecule has 0 fully saturated rings. The molecule has 3 aromatic rings. The monoisotopic (exact) mass is 380 g/mol. The zero-order valence-corrected chi connectivity index (χ0v) is 16.5. The number of hydrogen-bond acceptors (Lipinski definition) is 2.